The fraction of sp³-hybridized carbons (Fsp3) is 0.447. The molecule has 4 bridgehead atoms. The Labute approximate surface area is 334 Å². The number of methoxy groups -OCH3 is 1. The Morgan fingerprint density at radius 1 is 1.02 bits per heavy atom. The molecule has 2 aliphatic heterocycles. The molecule has 9 rings (SSSR count). The zero-order valence-electron chi connectivity index (χ0n) is 32.8. The van der Waals surface area contributed by atoms with E-state index in [1.807, 2.05) is 18.2 Å². The Hall–Kier alpha value is -5.40. The second-order valence-corrected chi connectivity index (χ2v) is 16.7. The van der Waals surface area contributed by atoms with E-state index >= 15 is 0 Å². The number of pyridine rings is 1. The lowest BCUT2D eigenvalue weighted by Crippen LogP contribution is -2.34. The van der Waals surface area contributed by atoms with Gasteiger partial charge in [0.1, 0.15) is 48.1 Å². The van der Waals surface area contributed by atoms with Gasteiger partial charge in [0, 0.05) is 59.7 Å². The Bertz CT molecular complexity index is 2290. The number of rotatable bonds is 8. The fourth-order valence-corrected chi connectivity index (χ4v) is 10.5. The molecule has 2 saturated carbocycles. The minimum absolute atomic E-state index is 0.0292. The molecule has 0 amide bonds. The van der Waals surface area contributed by atoms with Gasteiger partial charge in [-0.15, -0.1) is 0 Å². The van der Waals surface area contributed by atoms with Crippen molar-refractivity contribution in [2.24, 2.45) is 5.92 Å². The predicted molar refractivity (Wildman–Crippen MR) is 217 cm³/mol. The molecule has 1 spiro atoms. The summed E-state index contributed by atoms with van der Waals surface area (Å²) in [5.74, 6) is 8.74. The fourth-order valence-electron chi connectivity index (χ4n) is 10.5. The Kier molecular flexibility index (Phi) is 9.90. The second-order valence-electron chi connectivity index (χ2n) is 16.7. The van der Waals surface area contributed by atoms with Crippen molar-refractivity contribution >= 4 is 11.8 Å². The van der Waals surface area contributed by atoms with Crippen molar-refractivity contribution in [3.63, 3.8) is 0 Å². The lowest BCUT2D eigenvalue weighted by atomic mass is 9.65. The molecule has 3 aromatic carbocycles. The van der Waals surface area contributed by atoms with Gasteiger partial charge in [0.2, 0.25) is 0 Å². The number of fused-ring (bicyclic) bond motifs is 7. The number of nitrogens with two attached hydrogens (primary N) is 1. The highest BCUT2D eigenvalue weighted by atomic mass is 16.5. The van der Waals surface area contributed by atoms with Crippen molar-refractivity contribution in [1.29, 1.82) is 0 Å². The third-order valence-corrected chi connectivity index (χ3v) is 13.0. The summed E-state index contributed by atoms with van der Waals surface area (Å²) >= 11 is 0. The van der Waals surface area contributed by atoms with Crippen LogP contribution in [0.5, 0.6) is 28.7 Å². The van der Waals surface area contributed by atoms with Crippen LogP contribution in [0, 0.1) is 17.8 Å². The molecule has 0 unspecified atom stereocenters. The Morgan fingerprint density at radius 2 is 1.88 bits per heavy atom. The van der Waals surface area contributed by atoms with E-state index in [9.17, 15) is 15.0 Å². The van der Waals surface area contributed by atoms with E-state index in [-0.39, 0.29) is 35.4 Å². The molecule has 3 aliphatic carbocycles. The second kappa shape index (κ2) is 15.2. The van der Waals surface area contributed by atoms with Crippen LogP contribution >= 0.6 is 0 Å². The SMILES string of the molecule is COc1cc(O)cc2c1-c1ccc3c4c1[C@]1(CC[C@@H](Cc5ccc(N)nc5C#CCc5cc(O)c(OCCNC6CCCCC6)cc5[C@@H](O4)[C@H]3COC(C)=O)C1)C2. The standard InChI is InChI=1S/C47H51N3O7/c1-27(51)56-26-37-34-12-13-35-43-31(20-33(52)22-41(43)54-2)25-47-16-15-28(24-47)19-30-11-14-42(48)50-38(30)10-6-7-29-21-39(53)40(23-36(29)45(37)57-46(34)44(35)47)55-18-17-49-32-8-4-3-5-9-32/h11-14,20-23,28,32,37,45,49,52-53H,3-5,7-9,15-19,24-26H2,1-2H3,(H2,48,50)/t28-,37-,45+,47-/m0/s1. The molecule has 0 saturated heterocycles. The smallest absolute Gasteiger partial charge is 0.302 e. The van der Waals surface area contributed by atoms with Crippen LogP contribution in [0.4, 0.5) is 5.82 Å². The van der Waals surface area contributed by atoms with Crippen molar-refractivity contribution in [3.8, 4) is 51.7 Å². The molecule has 2 fully saturated rings. The first-order valence-electron chi connectivity index (χ1n) is 20.5. The first kappa shape index (κ1) is 37.2. The highest BCUT2D eigenvalue weighted by molar-refractivity contribution is 5.84. The van der Waals surface area contributed by atoms with Gasteiger partial charge in [0.05, 0.1) is 13.0 Å². The first-order chi connectivity index (χ1) is 27.7. The van der Waals surface area contributed by atoms with Crippen molar-refractivity contribution in [2.45, 2.75) is 101 Å². The quantitative estimate of drug-likeness (QED) is 0.0805. The average Bonchev–Trinajstić information content (AvgIpc) is 3.77. The number of carbonyl (C=O) groups excluding carboxylic acids is 1. The maximum absolute atomic E-state index is 12.4. The number of ether oxygens (including phenoxy) is 4. The summed E-state index contributed by atoms with van der Waals surface area (Å²) in [6, 6.07) is 15.9. The molecule has 0 radical (unpaired) electrons. The summed E-state index contributed by atoms with van der Waals surface area (Å²) in [6.45, 7) is 2.60. The van der Waals surface area contributed by atoms with Crippen LogP contribution < -0.4 is 25.3 Å². The largest absolute Gasteiger partial charge is 0.508 e. The van der Waals surface area contributed by atoms with E-state index in [1.165, 1.54) is 39.0 Å². The lowest BCUT2D eigenvalue weighted by molar-refractivity contribution is -0.141. The van der Waals surface area contributed by atoms with Gasteiger partial charge in [0.15, 0.2) is 11.5 Å². The maximum Gasteiger partial charge on any atom is 0.302 e. The molecule has 4 aromatic rings. The molecule has 10 nitrogen and oxygen atoms in total. The van der Waals surface area contributed by atoms with Crippen LogP contribution in [0.2, 0.25) is 0 Å². The number of anilines is 1. The molecule has 5 N–H and O–H groups in total. The summed E-state index contributed by atoms with van der Waals surface area (Å²) in [5.41, 5.74) is 14.4. The monoisotopic (exact) mass is 769 g/mol. The summed E-state index contributed by atoms with van der Waals surface area (Å²) in [7, 11) is 1.64. The zero-order chi connectivity index (χ0) is 39.3. The molecule has 10 heteroatoms. The number of hydrogen-bond donors (Lipinski definition) is 4. The van der Waals surface area contributed by atoms with Crippen LogP contribution in [0.25, 0.3) is 11.1 Å². The Morgan fingerprint density at radius 3 is 2.70 bits per heavy atom. The number of carbonyl (C=O) groups is 1. The average molecular weight is 770 g/mol. The molecule has 57 heavy (non-hydrogen) atoms. The van der Waals surface area contributed by atoms with Crippen molar-refractivity contribution in [3.05, 3.63) is 87.6 Å². The number of benzene rings is 3. The molecule has 1 aromatic heterocycles. The normalized spacial score (nSPS) is 23.0. The van der Waals surface area contributed by atoms with Crippen LogP contribution in [-0.4, -0.2) is 54.1 Å². The number of phenolic OH excluding ortho intramolecular Hbond substituents is 2. The Balaban J connectivity index is 1.20. The number of esters is 1. The first-order valence-corrected chi connectivity index (χ1v) is 20.5. The van der Waals surface area contributed by atoms with Gasteiger partial charge in [-0.25, -0.2) is 4.98 Å². The van der Waals surface area contributed by atoms with E-state index in [2.05, 4.69) is 35.4 Å². The number of aromatic hydroxyl groups is 2. The zero-order valence-corrected chi connectivity index (χ0v) is 32.8. The van der Waals surface area contributed by atoms with Crippen molar-refractivity contribution in [1.82, 2.24) is 10.3 Å². The maximum atomic E-state index is 12.4. The molecule has 296 valence electrons. The van der Waals surface area contributed by atoms with E-state index in [1.54, 1.807) is 19.2 Å². The van der Waals surface area contributed by atoms with Crippen molar-refractivity contribution < 1.29 is 34.0 Å². The van der Waals surface area contributed by atoms with Crippen LogP contribution in [0.15, 0.2) is 48.5 Å². The van der Waals surface area contributed by atoms with Gasteiger partial charge in [-0.1, -0.05) is 43.4 Å². The van der Waals surface area contributed by atoms with E-state index in [0.717, 1.165) is 75.9 Å². The van der Waals surface area contributed by atoms with Crippen molar-refractivity contribution in [2.75, 3.05) is 32.6 Å². The third-order valence-electron chi connectivity index (χ3n) is 13.0. The summed E-state index contributed by atoms with van der Waals surface area (Å²) in [6.07, 6.45) is 10.2. The number of nitrogens with one attached hydrogen (secondary N) is 1. The number of phenols is 2. The van der Waals surface area contributed by atoms with Gasteiger partial charge in [-0.05, 0) is 103 Å². The number of aromatic nitrogens is 1. The molecular formula is C47H51N3O7. The van der Waals surface area contributed by atoms with Gasteiger partial charge in [-0.2, -0.15) is 0 Å². The summed E-state index contributed by atoms with van der Waals surface area (Å²) < 4.78 is 25.3. The minimum atomic E-state index is -0.575. The summed E-state index contributed by atoms with van der Waals surface area (Å²) in [4.78, 5) is 17.1. The van der Waals surface area contributed by atoms with Gasteiger partial charge >= 0.3 is 5.97 Å². The third kappa shape index (κ3) is 7.01. The number of nitrogen functional groups attached to an aromatic ring is 1. The van der Waals surface area contributed by atoms with Crippen LogP contribution in [-0.2, 0) is 34.2 Å². The van der Waals surface area contributed by atoms with E-state index < -0.39 is 6.10 Å². The predicted octanol–water partition coefficient (Wildman–Crippen LogP) is 7.58. The van der Waals surface area contributed by atoms with E-state index in [4.69, 9.17) is 29.7 Å². The minimum Gasteiger partial charge on any atom is -0.508 e. The number of hydrogen-bond acceptors (Lipinski definition) is 10. The van der Waals surface area contributed by atoms with Gasteiger partial charge < -0.3 is 40.2 Å². The van der Waals surface area contributed by atoms with Crippen LogP contribution in [0.1, 0.15) is 109 Å². The number of nitrogens with zero attached hydrogens (tertiary/aromatic N) is 1. The topological polar surface area (TPSA) is 145 Å². The molecule has 4 atom stereocenters. The highest BCUT2D eigenvalue weighted by Gasteiger charge is 2.51. The lowest BCUT2D eigenvalue weighted by Gasteiger charge is -2.39. The van der Waals surface area contributed by atoms with E-state index in [0.29, 0.717) is 61.0 Å². The van der Waals surface area contributed by atoms with Gasteiger partial charge in [-0.3, -0.25) is 4.79 Å². The molecule has 5 aliphatic rings. The van der Waals surface area contributed by atoms with Gasteiger partial charge in [0.25, 0.3) is 0 Å². The van der Waals surface area contributed by atoms with Crippen LogP contribution in [0.3, 0.4) is 0 Å². The molecule has 3 heterocycles. The highest BCUT2D eigenvalue weighted by Crippen LogP contribution is 2.62. The molecular weight excluding hydrogens is 719 g/mol. The summed E-state index contributed by atoms with van der Waals surface area (Å²) in [5, 5.41) is 25.9.